The summed E-state index contributed by atoms with van der Waals surface area (Å²) in [5.74, 6) is 0.569. The summed E-state index contributed by atoms with van der Waals surface area (Å²) in [4.78, 5) is 0. The van der Waals surface area contributed by atoms with Gasteiger partial charge in [-0.25, -0.2) is 0 Å². The Hall–Kier alpha value is -0.760. The molecule has 0 bridgehead atoms. The lowest BCUT2D eigenvalue weighted by Gasteiger charge is -2.06. The Morgan fingerprint density at radius 2 is 2.00 bits per heavy atom. The van der Waals surface area contributed by atoms with Crippen molar-refractivity contribution in [3.8, 4) is 0 Å². The molecule has 14 heavy (non-hydrogen) atoms. The predicted molar refractivity (Wildman–Crippen MR) is 64.7 cm³/mol. The van der Waals surface area contributed by atoms with Gasteiger partial charge < -0.3 is 4.57 Å². The second-order valence-corrected chi connectivity index (χ2v) is 4.81. The molecule has 0 unspecified atom stereocenters. The molecule has 0 aliphatic rings. The molecule has 0 spiro atoms. The molecule has 0 saturated heterocycles. The Balaban J connectivity index is 2.80. The van der Waals surface area contributed by atoms with E-state index in [2.05, 4.69) is 65.7 Å². The third-order valence-electron chi connectivity index (χ3n) is 2.66. The minimum Gasteiger partial charge on any atom is -0.347 e. The molecule has 0 aliphatic carbocycles. The average Bonchev–Trinajstić information content (AvgIpc) is 2.46. The summed E-state index contributed by atoms with van der Waals surface area (Å²) >= 11 is 3.58. The maximum atomic E-state index is 3.58. The number of fused-ring (bicyclic) bond motifs is 1. The number of hydrogen-bond donors (Lipinski definition) is 0. The van der Waals surface area contributed by atoms with E-state index in [-0.39, 0.29) is 0 Å². The fraction of sp³-hybridized carbons (Fsp3) is 0.333. The van der Waals surface area contributed by atoms with Gasteiger partial charge in [0.05, 0.1) is 0 Å². The van der Waals surface area contributed by atoms with Gasteiger partial charge in [-0.15, -0.1) is 0 Å². The van der Waals surface area contributed by atoms with Crippen LogP contribution in [0, 0.1) is 0 Å². The Morgan fingerprint density at radius 3 is 2.57 bits per heavy atom. The van der Waals surface area contributed by atoms with Gasteiger partial charge in [0, 0.05) is 28.1 Å². The van der Waals surface area contributed by atoms with Crippen LogP contribution in [0.2, 0.25) is 0 Å². The molecule has 1 aromatic heterocycles. The van der Waals surface area contributed by atoms with Crippen LogP contribution in [-0.4, -0.2) is 4.57 Å². The molecule has 1 aromatic carbocycles. The summed E-state index contributed by atoms with van der Waals surface area (Å²) in [5, 5.41) is 1.30. The van der Waals surface area contributed by atoms with Crippen molar-refractivity contribution >= 4 is 26.8 Å². The van der Waals surface area contributed by atoms with Crippen molar-refractivity contribution in [3.63, 3.8) is 0 Å². The molecule has 74 valence electrons. The van der Waals surface area contributed by atoms with Gasteiger partial charge in [0.2, 0.25) is 0 Å². The molecule has 0 atom stereocenters. The Labute approximate surface area is 92.9 Å². The highest BCUT2D eigenvalue weighted by atomic mass is 79.9. The van der Waals surface area contributed by atoms with Crippen molar-refractivity contribution in [1.82, 2.24) is 4.57 Å². The predicted octanol–water partition coefficient (Wildman–Crippen LogP) is 4.06. The second-order valence-electron chi connectivity index (χ2n) is 3.96. The zero-order valence-corrected chi connectivity index (χ0v) is 10.3. The first-order valence-electron chi connectivity index (χ1n) is 4.85. The van der Waals surface area contributed by atoms with Crippen LogP contribution in [0.4, 0.5) is 0 Å². The Morgan fingerprint density at radius 1 is 1.29 bits per heavy atom. The molecular formula is C12H14BrN. The lowest BCUT2D eigenvalue weighted by molar-refractivity contribution is 0.755. The third-order valence-corrected chi connectivity index (χ3v) is 3.35. The third kappa shape index (κ3) is 1.38. The minimum atomic E-state index is 0.569. The maximum Gasteiger partial charge on any atom is 0.0491 e. The van der Waals surface area contributed by atoms with Gasteiger partial charge in [-0.3, -0.25) is 0 Å². The number of benzene rings is 1. The van der Waals surface area contributed by atoms with E-state index in [0.717, 1.165) is 0 Å². The maximum absolute atomic E-state index is 3.58. The van der Waals surface area contributed by atoms with Crippen molar-refractivity contribution in [2.24, 2.45) is 7.05 Å². The highest BCUT2D eigenvalue weighted by Gasteiger charge is 2.09. The lowest BCUT2D eigenvalue weighted by Crippen LogP contribution is -1.97. The van der Waals surface area contributed by atoms with Crippen molar-refractivity contribution in [1.29, 1.82) is 0 Å². The monoisotopic (exact) mass is 251 g/mol. The summed E-state index contributed by atoms with van der Waals surface area (Å²) in [6.07, 6.45) is 0. The minimum absolute atomic E-state index is 0.569. The van der Waals surface area contributed by atoms with Crippen LogP contribution in [0.5, 0.6) is 0 Å². The summed E-state index contributed by atoms with van der Waals surface area (Å²) < 4.78 is 3.45. The fourth-order valence-electron chi connectivity index (χ4n) is 1.90. The van der Waals surface area contributed by atoms with Crippen LogP contribution in [0.25, 0.3) is 10.9 Å². The number of aryl methyl sites for hydroxylation is 1. The van der Waals surface area contributed by atoms with Crippen molar-refractivity contribution in [2.45, 2.75) is 19.8 Å². The summed E-state index contributed by atoms with van der Waals surface area (Å²) in [6.45, 7) is 4.45. The first-order chi connectivity index (χ1) is 6.61. The quantitative estimate of drug-likeness (QED) is 0.721. The molecule has 0 saturated carbocycles. The number of rotatable bonds is 1. The first-order valence-corrected chi connectivity index (χ1v) is 5.64. The molecule has 2 heteroatoms. The van der Waals surface area contributed by atoms with E-state index in [1.54, 1.807) is 0 Å². The molecule has 0 radical (unpaired) electrons. The first kappa shape index (κ1) is 9.78. The van der Waals surface area contributed by atoms with E-state index < -0.39 is 0 Å². The van der Waals surface area contributed by atoms with Crippen LogP contribution in [0.1, 0.15) is 25.5 Å². The molecule has 1 nitrogen and oxygen atoms in total. The second kappa shape index (κ2) is 3.43. The van der Waals surface area contributed by atoms with Gasteiger partial charge in [-0.2, -0.15) is 0 Å². The van der Waals surface area contributed by atoms with Gasteiger partial charge >= 0.3 is 0 Å². The highest BCUT2D eigenvalue weighted by Crippen LogP contribution is 2.29. The van der Waals surface area contributed by atoms with Gasteiger partial charge in [0.1, 0.15) is 0 Å². The molecule has 0 fully saturated rings. The molecule has 0 amide bonds. The van der Waals surface area contributed by atoms with E-state index in [1.165, 1.54) is 21.1 Å². The van der Waals surface area contributed by atoms with E-state index in [0.29, 0.717) is 5.92 Å². The fourth-order valence-corrected chi connectivity index (χ4v) is 2.37. The smallest absolute Gasteiger partial charge is 0.0491 e. The normalized spacial score (nSPS) is 11.5. The van der Waals surface area contributed by atoms with E-state index in [4.69, 9.17) is 0 Å². The zero-order chi connectivity index (χ0) is 10.3. The number of aromatic nitrogens is 1. The van der Waals surface area contributed by atoms with Crippen molar-refractivity contribution < 1.29 is 0 Å². The number of nitrogens with zero attached hydrogens (tertiary/aromatic N) is 1. The molecule has 2 rings (SSSR count). The highest BCUT2D eigenvalue weighted by molar-refractivity contribution is 9.10. The number of hydrogen-bond acceptors (Lipinski definition) is 0. The summed E-state index contributed by atoms with van der Waals surface area (Å²) in [5.41, 5.74) is 2.68. The van der Waals surface area contributed by atoms with E-state index >= 15 is 0 Å². The van der Waals surface area contributed by atoms with Crippen LogP contribution < -0.4 is 0 Å². The van der Waals surface area contributed by atoms with Crippen LogP contribution in [0.15, 0.2) is 28.7 Å². The van der Waals surface area contributed by atoms with Crippen molar-refractivity contribution in [3.05, 3.63) is 34.4 Å². The van der Waals surface area contributed by atoms with Gasteiger partial charge in [0.25, 0.3) is 0 Å². The Kier molecular flexibility index (Phi) is 2.40. The summed E-state index contributed by atoms with van der Waals surface area (Å²) in [6, 6.07) is 8.60. The SMILES string of the molecule is CC(C)c1cc2c(Br)cccc2n1C. The van der Waals surface area contributed by atoms with E-state index in [9.17, 15) is 0 Å². The van der Waals surface area contributed by atoms with Crippen LogP contribution in [0.3, 0.4) is 0 Å². The van der Waals surface area contributed by atoms with E-state index in [1.807, 2.05) is 0 Å². The molecule has 0 aliphatic heterocycles. The molecule has 0 N–H and O–H groups in total. The zero-order valence-electron chi connectivity index (χ0n) is 8.71. The molecule has 2 aromatic rings. The largest absolute Gasteiger partial charge is 0.347 e. The summed E-state index contributed by atoms with van der Waals surface area (Å²) in [7, 11) is 2.13. The van der Waals surface area contributed by atoms with Crippen molar-refractivity contribution in [2.75, 3.05) is 0 Å². The van der Waals surface area contributed by atoms with Gasteiger partial charge in [0.15, 0.2) is 0 Å². The van der Waals surface area contributed by atoms with Gasteiger partial charge in [-0.1, -0.05) is 35.8 Å². The lowest BCUT2D eigenvalue weighted by atomic mass is 10.1. The molecular weight excluding hydrogens is 238 g/mol. The standard InChI is InChI=1S/C12H14BrN/c1-8(2)12-7-9-10(13)5-4-6-11(9)14(12)3/h4-8H,1-3H3. The Bertz CT molecular complexity index is 468. The average molecular weight is 252 g/mol. The number of halogens is 1. The van der Waals surface area contributed by atoms with Crippen LogP contribution in [-0.2, 0) is 7.05 Å². The molecule has 1 heterocycles. The topological polar surface area (TPSA) is 4.93 Å². The van der Waals surface area contributed by atoms with Crippen LogP contribution >= 0.6 is 15.9 Å². The van der Waals surface area contributed by atoms with Gasteiger partial charge in [-0.05, 0) is 24.1 Å².